The van der Waals surface area contributed by atoms with E-state index in [1.54, 1.807) is 6.07 Å². The summed E-state index contributed by atoms with van der Waals surface area (Å²) in [4.78, 5) is 2.33. The third-order valence-electron chi connectivity index (χ3n) is 3.25. The van der Waals surface area contributed by atoms with Gasteiger partial charge in [-0.05, 0) is 12.5 Å². The summed E-state index contributed by atoms with van der Waals surface area (Å²) in [6, 6.07) is 7.17. The van der Waals surface area contributed by atoms with Gasteiger partial charge in [0.25, 0.3) is 0 Å². The maximum atomic E-state index is 13.8. The van der Waals surface area contributed by atoms with Crippen LogP contribution in [-0.4, -0.2) is 31.1 Å². The monoisotopic (exact) mass is 306 g/mol. The Bertz CT molecular complexity index is 381. The number of hydrogen-bond donors (Lipinski definition) is 1. The Morgan fingerprint density at radius 2 is 1.89 bits per heavy atom. The van der Waals surface area contributed by atoms with Gasteiger partial charge in [-0.1, -0.05) is 24.3 Å². The van der Waals surface area contributed by atoms with Crippen LogP contribution in [0.2, 0.25) is 0 Å². The molecule has 0 saturated carbocycles. The first-order chi connectivity index (χ1) is 8.33. The molecule has 0 aromatic heterocycles. The van der Waals surface area contributed by atoms with Crippen LogP contribution in [0.5, 0.6) is 0 Å². The molecule has 1 N–H and O–H groups in total. The van der Waals surface area contributed by atoms with Gasteiger partial charge in [0, 0.05) is 37.8 Å². The highest BCUT2D eigenvalue weighted by molar-refractivity contribution is 5.85. The average Bonchev–Trinajstić information content (AvgIpc) is 2.38. The second kappa shape index (κ2) is 9.32. The van der Waals surface area contributed by atoms with Gasteiger partial charge in [-0.15, -0.1) is 31.4 Å². The quantitative estimate of drug-likeness (QED) is 0.860. The largest absolute Gasteiger partial charge is 0.314 e. The summed E-state index contributed by atoms with van der Waals surface area (Å²) in [7, 11) is 0. The standard InChI is InChI=1S/C14H19FN2.2ClH/c1-2-5-14(17-10-8-16-9-11-17)12-6-3-4-7-13(12)15;;/h2-4,6-7,14,16H,1,5,8-11H2;2*1H/t14-;;/m0../s1. The van der Waals surface area contributed by atoms with Crippen molar-refractivity contribution in [1.82, 2.24) is 10.2 Å². The third kappa shape index (κ3) is 4.77. The van der Waals surface area contributed by atoms with E-state index in [-0.39, 0.29) is 36.7 Å². The van der Waals surface area contributed by atoms with Crippen molar-refractivity contribution >= 4 is 24.8 Å². The molecular weight excluding hydrogens is 286 g/mol. The van der Waals surface area contributed by atoms with Crippen molar-refractivity contribution in [2.45, 2.75) is 12.5 Å². The van der Waals surface area contributed by atoms with E-state index in [1.165, 1.54) is 6.07 Å². The summed E-state index contributed by atoms with van der Waals surface area (Å²) in [5, 5.41) is 3.32. The normalized spacial score (nSPS) is 16.9. The Hall–Kier alpha value is -0.610. The Kier molecular flexibility index (Phi) is 9.02. The molecule has 0 spiro atoms. The van der Waals surface area contributed by atoms with Gasteiger partial charge in [0.05, 0.1) is 0 Å². The first kappa shape index (κ1) is 18.4. The lowest BCUT2D eigenvalue weighted by Gasteiger charge is -2.34. The second-order valence-corrected chi connectivity index (χ2v) is 4.35. The van der Waals surface area contributed by atoms with Crippen molar-refractivity contribution in [3.63, 3.8) is 0 Å². The number of halogens is 3. The van der Waals surface area contributed by atoms with Crippen LogP contribution < -0.4 is 5.32 Å². The van der Waals surface area contributed by atoms with Gasteiger partial charge in [-0.25, -0.2) is 4.39 Å². The number of nitrogens with zero attached hydrogens (tertiary/aromatic N) is 1. The molecule has 0 amide bonds. The number of nitrogens with one attached hydrogen (secondary N) is 1. The maximum Gasteiger partial charge on any atom is 0.127 e. The summed E-state index contributed by atoms with van der Waals surface area (Å²) in [5.74, 6) is -0.113. The fourth-order valence-electron chi connectivity index (χ4n) is 2.37. The van der Waals surface area contributed by atoms with E-state index in [9.17, 15) is 4.39 Å². The molecule has 1 atom stereocenters. The van der Waals surface area contributed by atoms with Gasteiger partial charge in [0.1, 0.15) is 5.82 Å². The van der Waals surface area contributed by atoms with Crippen molar-refractivity contribution in [2.24, 2.45) is 0 Å². The van der Waals surface area contributed by atoms with Gasteiger partial charge >= 0.3 is 0 Å². The van der Waals surface area contributed by atoms with Crippen LogP contribution in [0.1, 0.15) is 18.0 Å². The lowest BCUT2D eigenvalue weighted by atomic mass is 10.0. The number of hydrogen-bond acceptors (Lipinski definition) is 2. The SMILES string of the molecule is C=CC[C@@H](c1ccccc1F)N1CCNCC1.Cl.Cl. The third-order valence-corrected chi connectivity index (χ3v) is 3.25. The Labute approximate surface area is 126 Å². The molecule has 1 saturated heterocycles. The lowest BCUT2D eigenvalue weighted by Crippen LogP contribution is -2.45. The van der Waals surface area contributed by atoms with Crippen molar-refractivity contribution in [3.8, 4) is 0 Å². The molecule has 1 aliphatic rings. The Morgan fingerprint density at radius 1 is 1.26 bits per heavy atom. The van der Waals surface area contributed by atoms with Crippen molar-refractivity contribution in [1.29, 1.82) is 0 Å². The van der Waals surface area contributed by atoms with Gasteiger partial charge in [0.15, 0.2) is 0 Å². The zero-order chi connectivity index (χ0) is 12.1. The highest BCUT2D eigenvalue weighted by atomic mass is 35.5. The molecule has 0 radical (unpaired) electrons. The molecule has 1 heterocycles. The zero-order valence-corrected chi connectivity index (χ0v) is 12.5. The van der Waals surface area contributed by atoms with E-state index in [2.05, 4.69) is 16.8 Å². The fourth-order valence-corrected chi connectivity index (χ4v) is 2.37. The molecule has 19 heavy (non-hydrogen) atoms. The highest BCUT2D eigenvalue weighted by Gasteiger charge is 2.22. The van der Waals surface area contributed by atoms with Crippen LogP contribution in [0.3, 0.4) is 0 Å². The van der Waals surface area contributed by atoms with Crippen molar-refractivity contribution in [2.75, 3.05) is 26.2 Å². The molecule has 2 rings (SSSR count). The molecule has 1 aromatic carbocycles. The van der Waals surface area contributed by atoms with E-state index in [0.717, 1.165) is 38.2 Å². The summed E-state index contributed by atoms with van der Waals surface area (Å²) in [6.07, 6.45) is 2.67. The van der Waals surface area contributed by atoms with Crippen molar-refractivity contribution < 1.29 is 4.39 Å². The van der Waals surface area contributed by atoms with Crippen LogP contribution >= 0.6 is 24.8 Å². The summed E-state index contributed by atoms with van der Waals surface area (Å²) < 4.78 is 13.8. The highest BCUT2D eigenvalue weighted by Crippen LogP contribution is 2.26. The van der Waals surface area contributed by atoms with Gasteiger partial charge in [-0.3, -0.25) is 4.90 Å². The molecule has 5 heteroatoms. The van der Waals surface area contributed by atoms with E-state index >= 15 is 0 Å². The lowest BCUT2D eigenvalue weighted by molar-refractivity contribution is 0.171. The minimum absolute atomic E-state index is 0. The van der Waals surface area contributed by atoms with Crippen molar-refractivity contribution in [3.05, 3.63) is 48.3 Å². The van der Waals surface area contributed by atoms with Gasteiger partial charge in [0.2, 0.25) is 0 Å². The van der Waals surface area contributed by atoms with Crippen LogP contribution in [0, 0.1) is 5.82 Å². The smallest absolute Gasteiger partial charge is 0.127 e. The van der Waals surface area contributed by atoms with Crippen LogP contribution in [0.25, 0.3) is 0 Å². The summed E-state index contributed by atoms with van der Waals surface area (Å²) >= 11 is 0. The average molecular weight is 307 g/mol. The topological polar surface area (TPSA) is 15.3 Å². The predicted molar refractivity (Wildman–Crippen MR) is 82.9 cm³/mol. The van der Waals surface area contributed by atoms with E-state index in [0.29, 0.717) is 0 Å². The maximum absolute atomic E-state index is 13.8. The van der Waals surface area contributed by atoms with Gasteiger partial charge < -0.3 is 5.32 Å². The molecule has 0 aliphatic carbocycles. The van der Waals surface area contributed by atoms with Gasteiger partial charge in [-0.2, -0.15) is 0 Å². The molecule has 2 nitrogen and oxygen atoms in total. The second-order valence-electron chi connectivity index (χ2n) is 4.35. The van der Waals surface area contributed by atoms with E-state index < -0.39 is 0 Å². The minimum atomic E-state index is -0.113. The van der Waals surface area contributed by atoms with E-state index in [1.807, 2.05) is 18.2 Å². The molecule has 1 fully saturated rings. The number of piperazine rings is 1. The number of rotatable bonds is 4. The zero-order valence-electron chi connectivity index (χ0n) is 10.8. The van der Waals surface area contributed by atoms with E-state index in [4.69, 9.17) is 0 Å². The number of benzene rings is 1. The minimum Gasteiger partial charge on any atom is -0.314 e. The molecular formula is C14H21Cl2FN2. The predicted octanol–water partition coefficient (Wildman–Crippen LogP) is 3.19. The first-order valence-electron chi connectivity index (χ1n) is 6.13. The molecule has 0 unspecified atom stereocenters. The van der Waals surface area contributed by atoms with Crippen LogP contribution in [0.15, 0.2) is 36.9 Å². The van der Waals surface area contributed by atoms with Crippen LogP contribution in [-0.2, 0) is 0 Å². The fraction of sp³-hybridized carbons (Fsp3) is 0.429. The molecule has 1 aliphatic heterocycles. The Morgan fingerprint density at radius 3 is 2.47 bits per heavy atom. The molecule has 0 bridgehead atoms. The Balaban J connectivity index is 0.00000162. The molecule has 108 valence electrons. The first-order valence-corrected chi connectivity index (χ1v) is 6.13. The summed E-state index contributed by atoms with van der Waals surface area (Å²) in [5.41, 5.74) is 0.786. The summed E-state index contributed by atoms with van der Waals surface area (Å²) in [6.45, 7) is 7.66. The van der Waals surface area contributed by atoms with Crippen LogP contribution in [0.4, 0.5) is 4.39 Å². The molecule has 1 aromatic rings.